The van der Waals surface area contributed by atoms with Gasteiger partial charge in [-0.05, 0) is 31.9 Å². The SMILES string of the molecule is CC(C)NCCCCCCNC(=O)CCC=CC(=O)C(C)C. The summed E-state index contributed by atoms with van der Waals surface area (Å²) in [5, 5.41) is 6.33. The highest BCUT2D eigenvalue weighted by Crippen LogP contribution is 2.00. The number of hydrogen-bond donors (Lipinski definition) is 2. The molecule has 0 saturated carbocycles. The Balaban J connectivity index is 3.42. The molecule has 0 rings (SSSR count). The zero-order valence-electron chi connectivity index (χ0n) is 14.8. The second kappa shape index (κ2) is 13.5. The van der Waals surface area contributed by atoms with E-state index < -0.39 is 0 Å². The summed E-state index contributed by atoms with van der Waals surface area (Å²) in [6, 6.07) is 0.559. The first-order chi connectivity index (χ1) is 10.4. The minimum atomic E-state index is 0.0285. The minimum absolute atomic E-state index is 0.0285. The zero-order valence-corrected chi connectivity index (χ0v) is 14.8. The molecule has 1 amide bonds. The number of unbranched alkanes of at least 4 members (excludes halogenated alkanes) is 3. The van der Waals surface area contributed by atoms with Crippen molar-refractivity contribution in [3.8, 4) is 0 Å². The van der Waals surface area contributed by atoms with Gasteiger partial charge in [-0.25, -0.2) is 0 Å². The Bertz CT molecular complexity index is 336. The Morgan fingerprint density at radius 1 is 0.955 bits per heavy atom. The van der Waals surface area contributed by atoms with Gasteiger partial charge < -0.3 is 10.6 Å². The van der Waals surface area contributed by atoms with Crippen molar-refractivity contribution >= 4 is 11.7 Å². The van der Waals surface area contributed by atoms with Gasteiger partial charge in [-0.1, -0.05) is 46.6 Å². The van der Waals surface area contributed by atoms with Gasteiger partial charge in [0.2, 0.25) is 5.91 Å². The van der Waals surface area contributed by atoms with E-state index in [1.54, 1.807) is 12.2 Å². The van der Waals surface area contributed by atoms with Gasteiger partial charge in [-0.2, -0.15) is 0 Å². The third kappa shape index (κ3) is 13.8. The highest BCUT2D eigenvalue weighted by Gasteiger charge is 2.02. The molecule has 128 valence electrons. The van der Waals surface area contributed by atoms with Crippen LogP contribution in [-0.2, 0) is 9.59 Å². The number of rotatable bonds is 13. The lowest BCUT2D eigenvalue weighted by Gasteiger charge is -2.07. The molecule has 0 saturated heterocycles. The molecule has 0 bridgehead atoms. The monoisotopic (exact) mass is 310 g/mol. The van der Waals surface area contributed by atoms with E-state index in [2.05, 4.69) is 24.5 Å². The molecule has 0 aliphatic heterocycles. The molecule has 0 aliphatic rings. The maximum absolute atomic E-state index is 11.6. The van der Waals surface area contributed by atoms with Crippen LogP contribution in [0, 0.1) is 5.92 Å². The molecule has 2 N–H and O–H groups in total. The number of hydrogen-bond acceptors (Lipinski definition) is 3. The summed E-state index contributed by atoms with van der Waals surface area (Å²) in [5.41, 5.74) is 0. The Morgan fingerprint density at radius 2 is 1.59 bits per heavy atom. The first kappa shape index (κ1) is 20.8. The maximum atomic E-state index is 11.6. The van der Waals surface area contributed by atoms with Gasteiger partial charge in [0.15, 0.2) is 5.78 Å². The molecule has 0 aromatic heterocycles. The average Bonchev–Trinajstić information content (AvgIpc) is 2.45. The van der Waals surface area contributed by atoms with E-state index in [4.69, 9.17) is 0 Å². The van der Waals surface area contributed by atoms with Crippen LogP contribution in [0.25, 0.3) is 0 Å². The third-order valence-electron chi connectivity index (χ3n) is 3.37. The van der Waals surface area contributed by atoms with E-state index in [1.807, 2.05) is 13.8 Å². The molecule has 0 aromatic carbocycles. The molecule has 0 unspecified atom stereocenters. The van der Waals surface area contributed by atoms with E-state index in [9.17, 15) is 9.59 Å². The Morgan fingerprint density at radius 3 is 2.18 bits per heavy atom. The fraction of sp³-hybridized carbons (Fsp3) is 0.778. The van der Waals surface area contributed by atoms with Gasteiger partial charge in [-0.15, -0.1) is 0 Å². The van der Waals surface area contributed by atoms with Crippen molar-refractivity contribution in [2.24, 2.45) is 5.92 Å². The molecule has 0 fully saturated rings. The molecule has 0 atom stereocenters. The summed E-state index contributed by atoms with van der Waals surface area (Å²) in [6.45, 7) is 9.89. The predicted octanol–water partition coefficient (Wildman–Crippen LogP) is 3.22. The lowest BCUT2D eigenvalue weighted by atomic mass is 10.1. The zero-order chi connectivity index (χ0) is 16.8. The van der Waals surface area contributed by atoms with Crippen LogP contribution < -0.4 is 10.6 Å². The highest BCUT2D eigenvalue weighted by atomic mass is 16.1. The number of carbonyl (C=O) groups is 2. The van der Waals surface area contributed by atoms with E-state index in [0.717, 1.165) is 25.9 Å². The average molecular weight is 310 g/mol. The number of ketones is 1. The smallest absolute Gasteiger partial charge is 0.220 e. The second-order valence-electron chi connectivity index (χ2n) is 6.37. The molecular formula is C18H34N2O2. The quantitative estimate of drug-likeness (QED) is 0.405. The van der Waals surface area contributed by atoms with Gasteiger partial charge in [0.05, 0.1) is 0 Å². The van der Waals surface area contributed by atoms with Crippen LogP contribution in [0.1, 0.15) is 66.2 Å². The summed E-state index contributed by atoms with van der Waals surface area (Å²) < 4.78 is 0. The van der Waals surface area contributed by atoms with Gasteiger partial charge >= 0.3 is 0 Å². The second-order valence-corrected chi connectivity index (χ2v) is 6.37. The van der Waals surface area contributed by atoms with Crippen molar-refractivity contribution in [3.05, 3.63) is 12.2 Å². The van der Waals surface area contributed by atoms with E-state index in [0.29, 0.717) is 18.9 Å². The van der Waals surface area contributed by atoms with Crippen LogP contribution in [0.2, 0.25) is 0 Å². The van der Waals surface area contributed by atoms with Gasteiger partial charge in [0.25, 0.3) is 0 Å². The van der Waals surface area contributed by atoms with Crippen LogP contribution >= 0.6 is 0 Å². The number of nitrogens with one attached hydrogen (secondary N) is 2. The van der Waals surface area contributed by atoms with Gasteiger partial charge in [-0.3, -0.25) is 9.59 Å². The molecule has 0 radical (unpaired) electrons. The van der Waals surface area contributed by atoms with Gasteiger partial charge in [0, 0.05) is 24.9 Å². The Labute approximate surface area is 136 Å². The molecule has 0 aromatic rings. The van der Waals surface area contributed by atoms with Crippen LogP contribution in [-0.4, -0.2) is 30.8 Å². The lowest BCUT2D eigenvalue weighted by molar-refractivity contribution is -0.121. The van der Waals surface area contributed by atoms with Crippen molar-refractivity contribution in [1.82, 2.24) is 10.6 Å². The standard InChI is InChI=1S/C18H34N2O2/c1-15(2)17(21)11-7-8-12-18(22)20-14-10-6-5-9-13-19-16(3)4/h7,11,15-16,19H,5-6,8-10,12-14H2,1-4H3,(H,20,22). The van der Waals surface area contributed by atoms with Gasteiger partial charge in [0.1, 0.15) is 0 Å². The highest BCUT2D eigenvalue weighted by molar-refractivity contribution is 5.91. The summed E-state index contributed by atoms with van der Waals surface area (Å²) in [7, 11) is 0. The number of allylic oxidation sites excluding steroid dienone is 2. The van der Waals surface area contributed by atoms with E-state index in [1.165, 1.54) is 12.8 Å². The summed E-state index contributed by atoms with van der Waals surface area (Å²) in [6.07, 6.45) is 9.06. The van der Waals surface area contributed by atoms with Crippen LogP contribution in [0.15, 0.2) is 12.2 Å². The molecule has 4 nitrogen and oxygen atoms in total. The fourth-order valence-electron chi connectivity index (χ4n) is 1.92. The summed E-state index contributed by atoms with van der Waals surface area (Å²) in [4.78, 5) is 22.9. The summed E-state index contributed by atoms with van der Waals surface area (Å²) >= 11 is 0. The Hall–Kier alpha value is -1.16. The molecule has 0 heterocycles. The Kier molecular flexibility index (Phi) is 12.8. The molecule has 22 heavy (non-hydrogen) atoms. The van der Waals surface area contributed by atoms with Crippen molar-refractivity contribution in [2.45, 2.75) is 72.3 Å². The van der Waals surface area contributed by atoms with Crippen molar-refractivity contribution in [1.29, 1.82) is 0 Å². The van der Waals surface area contributed by atoms with Crippen molar-refractivity contribution < 1.29 is 9.59 Å². The fourth-order valence-corrected chi connectivity index (χ4v) is 1.92. The van der Waals surface area contributed by atoms with E-state index in [-0.39, 0.29) is 17.6 Å². The van der Waals surface area contributed by atoms with Crippen molar-refractivity contribution in [3.63, 3.8) is 0 Å². The number of amides is 1. The third-order valence-corrected chi connectivity index (χ3v) is 3.37. The van der Waals surface area contributed by atoms with Crippen LogP contribution in [0.4, 0.5) is 0 Å². The molecule has 4 heteroatoms. The van der Waals surface area contributed by atoms with Crippen LogP contribution in [0.5, 0.6) is 0 Å². The van der Waals surface area contributed by atoms with Crippen molar-refractivity contribution in [2.75, 3.05) is 13.1 Å². The number of carbonyl (C=O) groups excluding carboxylic acids is 2. The molecule has 0 spiro atoms. The summed E-state index contributed by atoms with van der Waals surface area (Å²) in [5.74, 6) is 0.219. The van der Waals surface area contributed by atoms with E-state index >= 15 is 0 Å². The molecule has 0 aliphatic carbocycles. The first-order valence-corrected chi connectivity index (χ1v) is 8.64. The predicted molar refractivity (Wildman–Crippen MR) is 92.8 cm³/mol. The lowest BCUT2D eigenvalue weighted by Crippen LogP contribution is -2.24. The maximum Gasteiger partial charge on any atom is 0.220 e. The normalized spacial score (nSPS) is 11.5. The molecular weight excluding hydrogens is 276 g/mol. The first-order valence-electron chi connectivity index (χ1n) is 8.64. The minimum Gasteiger partial charge on any atom is -0.356 e. The topological polar surface area (TPSA) is 58.2 Å². The van der Waals surface area contributed by atoms with Crippen LogP contribution in [0.3, 0.4) is 0 Å². The largest absolute Gasteiger partial charge is 0.356 e.